The van der Waals surface area contributed by atoms with E-state index in [1.807, 2.05) is 12.3 Å². The molecule has 0 bridgehead atoms. The van der Waals surface area contributed by atoms with Crippen molar-refractivity contribution >= 4 is 11.2 Å². The number of pyridine rings is 1. The number of aromatic nitrogens is 3. The molecule has 1 aliphatic heterocycles. The molecule has 1 unspecified atom stereocenters. The Kier molecular flexibility index (Phi) is 4.97. The summed E-state index contributed by atoms with van der Waals surface area (Å²) in [7, 11) is 0. The van der Waals surface area contributed by atoms with Gasteiger partial charge in [-0.3, -0.25) is 4.90 Å². The first-order valence-electron chi connectivity index (χ1n) is 8.95. The fourth-order valence-electron chi connectivity index (χ4n) is 3.91. The molecule has 1 N–H and O–H groups in total. The van der Waals surface area contributed by atoms with Gasteiger partial charge in [-0.25, -0.2) is 9.97 Å². The fourth-order valence-corrected chi connectivity index (χ4v) is 3.91. The predicted octanol–water partition coefficient (Wildman–Crippen LogP) is 2.97. The Bertz CT molecular complexity index is 640. The number of hydrogen-bond acceptors (Lipinski definition) is 4. The first-order chi connectivity index (χ1) is 11.1. The summed E-state index contributed by atoms with van der Waals surface area (Å²) in [5, 5.41) is 3.63. The van der Waals surface area contributed by atoms with Crippen LogP contribution in [-0.2, 0) is 6.54 Å². The zero-order chi connectivity index (χ0) is 16.4. The highest BCUT2D eigenvalue weighted by Crippen LogP contribution is 2.29. The third-order valence-electron chi connectivity index (χ3n) is 4.74. The van der Waals surface area contributed by atoms with Gasteiger partial charge in [0.25, 0.3) is 0 Å². The maximum Gasteiger partial charge on any atom is 0.160 e. The fraction of sp³-hybridized carbons (Fsp3) is 0.667. The maximum absolute atomic E-state index is 4.97. The zero-order valence-electron chi connectivity index (χ0n) is 14.8. The minimum absolute atomic E-state index is 0.376. The van der Waals surface area contributed by atoms with Crippen molar-refractivity contribution in [3.05, 3.63) is 24.2 Å². The Morgan fingerprint density at radius 3 is 2.65 bits per heavy atom. The van der Waals surface area contributed by atoms with Gasteiger partial charge in [-0.15, -0.1) is 0 Å². The number of hydrogen-bond donors (Lipinski definition) is 1. The largest absolute Gasteiger partial charge is 0.312 e. The van der Waals surface area contributed by atoms with Crippen LogP contribution < -0.4 is 5.32 Å². The van der Waals surface area contributed by atoms with E-state index < -0.39 is 0 Å². The highest BCUT2D eigenvalue weighted by molar-refractivity contribution is 5.71. The molecule has 0 radical (unpaired) electrons. The van der Waals surface area contributed by atoms with Gasteiger partial charge < -0.3 is 9.88 Å². The van der Waals surface area contributed by atoms with Crippen molar-refractivity contribution in [1.82, 2.24) is 24.8 Å². The van der Waals surface area contributed by atoms with Crippen LogP contribution in [0.2, 0.25) is 0 Å². The molecule has 5 heteroatoms. The van der Waals surface area contributed by atoms with E-state index in [9.17, 15) is 0 Å². The SMILES string of the molecule is CCCC(c1nc2cccnc2n1CC)N1C[C@@H](C)N[C@@H](C)C1. The van der Waals surface area contributed by atoms with E-state index in [-0.39, 0.29) is 0 Å². The summed E-state index contributed by atoms with van der Waals surface area (Å²) in [4.78, 5) is 12.1. The molecule has 23 heavy (non-hydrogen) atoms. The molecule has 0 aliphatic carbocycles. The molecule has 2 aromatic heterocycles. The Labute approximate surface area is 139 Å². The summed E-state index contributed by atoms with van der Waals surface area (Å²) in [6, 6.07) is 5.47. The summed E-state index contributed by atoms with van der Waals surface area (Å²) in [5.74, 6) is 1.18. The van der Waals surface area contributed by atoms with Crippen LogP contribution in [0, 0.1) is 0 Å². The second kappa shape index (κ2) is 6.97. The first-order valence-corrected chi connectivity index (χ1v) is 8.95. The Morgan fingerprint density at radius 1 is 1.26 bits per heavy atom. The molecular weight excluding hydrogens is 286 g/mol. The van der Waals surface area contributed by atoms with Crippen molar-refractivity contribution in [2.75, 3.05) is 13.1 Å². The van der Waals surface area contributed by atoms with Crippen LogP contribution in [0.4, 0.5) is 0 Å². The van der Waals surface area contributed by atoms with E-state index in [4.69, 9.17) is 4.98 Å². The van der Waals surface area contributed by atoms with Gasteiger partial charge in [0, 0.05) is 37.9 Å². The van der Waals surface area contributed by atoms with Crippen molar-refractivity contribution in [3.63, 3.8) is 0 Å². The molecule has 126 valence electrons. The smallest absolute Gasteiger partial charge is 0.160 e. The van der Waals surface area contributed by atoms with Crippen LogP contribution >= 0.6 is 0 Å². The van der Waals surface area contributed by atoms with E-state index in [1.165, 1.54) is 5.82 Å². The van der Waals surface area contributed by atoms with Gasteiger partial charge in [-0.05, 0) is 39.3 Å². The zero-order valence-corrected chi connectivity index (χ0v) is 14.8. The number of aryl methyl sites for hydroxylation is 1. The monoisotopic (exact) mass is 315 g/mol. The average Bonchev–Trinajstić information content (AvgIpc) is 2.89. The quantitative estimate of drug-likeness (QED) is 0.921. The molecule has 3 rings (SSSR count). The Balaban J connectivity index is 2.00. The number of fused-ring (bicyclic) bond motifs is 1. The van der Waals surface area contributed by atoms with Crippen LogP contribution in [0.3, 0.4) is 0 Å². The lowest BCUT2D eigenvalue weighted by Gasteiger charge is -2.40. The molecule has 5 nitrogen and oxygen atoms in total. The molecule has 0 saturated carbocycles. The van der Waals surface area contributed by atoms with Crippen LogP contribution in [0.15, 0.2) is 18.3 Å². The van der Waals surface area contributed by atoms with E-state index >= 15 is 0 Å². The molecule has 3 heterocycles. The van der Waals surface area contributed by atoms with Crippen LogP contribution in [0.5, 0.6) is 0 Å². The molecule has 1 fully saturated rings. The van der Waals surface area contributed by atoms with Crippen molar-refractivity contribution in [1.29, 1.82) is 0 Å². The Morgan fingerprint density at radius 2 is 2.00 bits per heavy atom. The normalized spacial score (nSPS) is 24.2. The second-order valence-corrected chi connectivity index (χ2v) is 6.79. The molecule has 0 amide bonds. The second-order valence-electron chi connectivity index (χ2n) is 6.79. The van der Waals surface area contributed by atoms with E-state index in [1.54, 1.807) is 0 Å². The van der Waals surface area contributed by atoms with Crippen LogP contribution in [0.25, 0.3) is 11.2 Å². The summed E-state index contributed by atoms with van der Waals surface area (Å²) >= 11 is 0. The summed E-state index contributed by atoms with van der Waals surface area (Å²) in [5.41, 5.74) is 2.03. The van der Waals surface area contributed by atoms with Crippen molar-refractivity contribution in [2.45, 2.75) is 65.2 Å². The summed E-state index contributed by atoms with van der Waals surface area (Å²) < 4.78 is 2.30. The number of imidazole rings is 1. The van der Waals surface area contributed by atoms with Gasteiger partial charge in [0.05, 0.1) is 6.04 Å². The molecular formula is C18H29N5. The van der Waals surface area contributed by atoms with Crippen molar-refractivity contribution in [2.24, 2.45) is 0 Å². The lowest BCUT2D eigenvalue weighted by atomic mass is 10.0. The van der Waals surface area contributed by atoms with E-state index in [2.05, 4.69) is 53.5 Å². The molecule has 3 atom stereocenters. The van der Waals surface area contributed by atoms with Gasteiger partial charge in [0.2, 0.25) is 0 Å². The minimum atomic E-state index is 0.376. The van der Waals surface area contributed by atoms with Gasteiger partial charge in [0.15, 0.2) is 5.65 Å². The highest BCUT2D eigenvalue weighted by atomic mass is 15.3. The van der Waals surface area contributed by atoms with Gasteiger partial charge in [-0.1, -0.05) is 13.3 Å². The minimum Gasteiger partial charge on any atom is -0.312 e. The van der Waals surface area contributed by atoms with Gasteiger partial charge >= 0.3 is 0 Å². The molecule has 1 saturated heterocycles. The van der Waals surface area contributed by atoms with Gasteiger partial charge in [0.1, 0.15) is 11.3 Å². The maximum atomic E-state index is 4.97. The number of nitrogens with zero attached hydrogens (tertiary/aromatic N) is 4. The topological polar surface area (TPSA) is 46.0 Å². The first kappa shape index (κ1) is 16.4. The Hall–Kier alpha value is -1.46. The highest BCUT2D eigenvalue weighted by Gasteiger charge is 2.30. The predicted molar refractivity (Wildman–Crippen MR) is 94.5 cm³/mol. The molecule has 1 aliphatic rings. The molecule has 2 aromatic rings. The van der Waals surface area contributed by atoms with Crippen LogP contribution in [-0.4, -0.2) is 44.6 Å². The standard InChI is InChI=1S/C18H29N5/c1-5-8-16(22-11-13(3)20-14(4)12-22)18-21-15-9-7-10-19-17(15)23(18)6-2/h7,9-10,13-14,16,20H,5-6,8,11-12H2,1-4H3/t13-,14+,16?. The number of piperazine rings is 1. The average molecular weight is 315 g/mol. The number of rotatable bonds is 5. The van der Waals surface area contributed by atoms with Gasteiger partial charge in [-0.2, -0.15) is 0 Å². The third kappa shape index (κ3) is 3.26. The molecule has 0 aromatic carbocycles. The lowest BCUT2D eigenvalue weighted by Crippen LogP contribution is -2.55. The van der Waals surface area contributed by atoms with Crippen molar-refractivity contribution in [3.8, 4) is 0 Å². The summed E-state index contributed by atoms with van der Waals surface area (Å²) in [6.07, 6.45) is 4.17. The van der Waals surface area contributed by atoms with Crippen LogP contribution in [0.1, 0.15) is 52.4 Å². The number of nitrogens with one attached hydrogen (secondary N) is 1. The molecule has 0 spiro atoms. The van der Waals surface area contributed by atoms with E-state index in [0.717, 1.165) is 43.6 Å². The third-order valence-corrected chi connectivity index (χ3v) is 4.74. The van der Waals surface area contributed by atoms with Crippen molar-refractivity contribution < 1.29 is 0 Å². The van der Waals surface area contributed by atoms with E-state index in [0.29, 0.717) is 18.1 Å². The summed E-state index contributed by atoms with van der Waals surface area (Å²) in [6.45, 7) is 12.1. The lowest BCUT2D eigenvalue weighted by molar-refractivity contribution is 0.110.